The molecule has 0 aliphatic heterocycles. The molecule has 1 rings (SSSR count). The van der Waals surface area contributed by atoms with Gasteiger partial charge in [-0.15, -0.1) is 0 Å². The van der Waals surface area contributed by atoms with Gasteiger partial charge in [0, 0.05) is 10.6 Å². The molecule has 88 valence electrons. The molecule has 0 atom stereocenters. The van der Waals surface area contributed by atoms with Gasteiger partial charge in [0.1, 0.15) is 0 Å². The van der Waals surface area contributed by atoms with Gasteiger partial charge in [-0.05, 0) is 51.4 Å². The molecule has 0 saturated heterocycles. The number of rotatable bonds is 4. The van der Waals surface area contributed by atoms with E-state index in [1.807, 2.05) is 24.3 Å². The van der Waals surface area contributed by atoms with E-state index in [9.17, 15) is 0 Å². The standard InChI is InChI=1S/C14H20ClN/c1-14(2,3)16-11-5-4-6-12-7-9-13(15)10-8-12/h4,6-10,16H,5,11H2,1-3H3. The maximum atomic E-state index is 5.81. The van der Waals surface area contributed by atoms with Crippen LogP contribution in [0, 0.1) is 0 Å². The van der Waals surface area contributed by atoms with E-state index < -0.39 is 0 Å². The Balaban J connectivity index is 2.30. The van der Waals surface area contributed by atoms with Gasteiger partial charge in [0.15, 0.2) is 0 Å². The fourth-order valence-electron chi connectivity index (χ4n) is 1.32. The number of nitrogens with one attached hydrogen (secondary N) is 1. The molecule has 0 bridgehead atoms. The van der Waals surface area contributed by atoms with Gasteiger partial charge in [0.25, 0.3) is 0 Å². The summed E-state index contributed by atoms with van der Waals surface area (Å²) in [5.41, 5.74) is 1.40. The predicted octanol–water partition coefficient (Wildman–Crippen LogP) is 4.13. The van der Waals surface area contributed by atoms with Crippen LogP contribution < -0.4 is 5.32 Å². The van der Waals surface area contributed by atoms with E-state index in [1.165, 1.54) is 5.56 Å². The third-order valence-electron chi connectivity index (χ3n) is 2.15. The summed E-state index contributed by atoms with van der Waals surface area (Å²) in [5, 5.41) is 4.23. The van der Waals surface area contributed by atoms with Crippen molar-refractivity contribution >= 4 is 17.7 Å². The van der Waals surface area contributed by atoms with Crippen LogP contribution in [0.4, 0.5) is 0 Å². The zero-order chi connectivity index (χ0) is 12.0. The molecule has 1 nitrogen and oxygen atoms in total. The molecule has 0 fully saturated rings. The molecule has 0 amide bonds. The Labute approximate surface area is 104 Å². The monoisotopic (exact) mass is 237 g/mol. The van der Waals surface area contributed by atoms with Crippen LogP contribution in [0.5, 0.6) is 0 Å². The predicted molar refractivity (Wildman–Crippen MR) is 72.9 cm³/mol. The lowest BCUT2D eigenvalue weighted by Crippen LogP contribution is -2.36. The summed E-state index contributed by atoms with van der Waals surface area (Å²) >= 11 is 5.81. The van der Waals surface area contributed by atoms with Crippen LogP contribution in [0.15, 0.2) is 30.3 Å². The van der Waals surface area contributed by atoms with Crippen LogP contribution >= 0.6 is 11.6 Å². The molecule has 0 spiro atoms. The Morgan fingerprint density at radius 3 is 2.38 bits per heavy atom. The topological polar surface area (TPSA) is 12.0 Å². The summed E-state index contributed by atoms with van der Waals surface area (Å²) in [4.78, 5) is 0. The minimum absolute atomic E-state index is 0.202. The van der Waals surface area contributed by atoms with Crippen molar-refractivity contribution in [1.82, 2.24) is 5.32 Å². The van der Waals surface area contributed by atoms with Gasteiger partial charge in [0.2, 0.25) is 0 Å². The highest BCUT2D eigenvalue weighted by Gasteiger charge is 2.05. The van der Waals surface area contributed by atoms with E-state index in [0.29, 0.717) is 0 Å². The highest BCUT2D eigenvalue weighted by Crippen LogP contribution is 2.10. The Bertz CT molecular complexity index is 333. The normalized spacial score (nSPS) is 12.2. The lowest BCUT2D eigenvalue weighted by molar-refractivity contribution is 0.431. The van der Waals surface area contributed by atoms with Crippen molar-refractivity contribution in [2.24, 2.45) is 0 Å². The molecule has 1 aromatic carbocycles. The summed E-state index contributed by atoms with van der Waals surface area (Å²) in [7, 11) is 0. The second-order valence-corrected chi connectivity index (χ2v) is 5.36. The molecule has 2 heteroatoms. The Morgan fingerprint density at radius 2 is 1.81 bits per heavy atom. The number of hydrogen-bond acceptors (Lipinski definition) is 1. The van der Waals surface area contributed by atoms with Gasteiger partial charge in [-0.2, -0.15) is 0 Å². The maximum Gasteiger partial charge on any atom is 0.0406 e. The second kappa shape index (κ2) is 6.07. The molecule has 0 aliphatic rings. The van der Waals surface area contributed by atoms with Crippen molar-refractivity contribution < 1.29 is 0 Å². The zero-order valence-corrected chi connectivity index (χ0v) is 11.0. The molecule has 0 aliphatic carbocycles. The minimum Gasteiger partial charge on any atom is -0.312 e. The maximum absolute atomic E-state index is 5.81. The van der Waals surface area contributed by atoms with Crippen LogP contribution in [0.25, 0.3) is 6.08 Å². The van der Waals surface area contributed by atoms with Crippen molar-refractivity contribution in [3.8, 4) is 0 Å². The molecule has 0 heterocycles. The van der Waals surface area contributed by atoms with Crippen LogP contribution in [0.2, 0.25) is 5.02 Å². The van der Waals surface area contributed by atoms with Crippen LogP contribution in [-0.2, 0) is 0 Å². The number of halogens is 1. The molecule has 0 saturated carbocycles. The van der Waals surface area contributed by atoms with E-state index in [4.69, 9.17) is 11.6 Å². The number of benzene rings is 1. The summed E-state index contributed by atoms with van der Waals surface area (Å²) in [6.45, 7) is 7.54. The van der Waals surface area contributed by atoms with Crippen molar-refractivity contribution in [3.05, 3.63) is 40.9 Å². The molecule has 1 N–H and O–H groups in total. The fourth-order valence-corrected chi connectivity index (χ4v) is 1.45. The van der Waals surface area contributed by atoms with Gasteiger partial charge < -0.3 is 5.32 Å². The first-order valence-corrected chi connectivity index (χ1v) is 6.02. The first-order chi connectivity index (χ1) is 7.47. The van der Waals surface area contributed by atoms with Crippen molar-refractivity contribution in [2.45, 2.75) is 32.7 Å². The molecular formula is C14H20ClN. The van der Waals surface area contributed by atoms with Crippen LogP contribution in [-0.4, -0.2) is 12.1 Å². The first-order valence-electron chi connectivity index (χ1n) is 5.64. The highest BCUT2D eigenvalue weighted by molar-refractivity contribution is 6.30. The third-order valence-corrected chi connectivity index (χ3v) is 2.40. The largest absolute Gasteiger partial charge is 0.312 e. The minimum atomic E-state index is 0.202. The van der Waals surface area contributed by atoms with Gasteiger partial charge in [-0.25, -0.2) is 0 Å². The van der Waals surface area contributed by atoms with E-state index in [-0.39, 0.29) is 5.54 Å². The number of hydrogen-bond donors (Lipinski definition) is 1. The Hall–Kier alpha value is -0.790. The van der Waals surface area contributed by atoms with Crippen molar-refractivity contribution in [2.75, 3.05) is 6.54 Å². The Morgan fingerprint density at radius 1 is 1.19 bits per heavy atom. The molecular weight excluding hydrogens is 218 g/mol. The van der Waals surface area contributed by atoms with Crippen molar-refractivity contribution in [1.29, 1.82) is 0 Å². The quantitative estimate of drug-likeness (QED) is 0.777. The molecule has 0 aromatic heterocycles. The lowest BCUT2D eigenvalue weighted by atomic mass is 10.1. The third kappa shape index (κ3) is 5.94. The first kappa shape index (κ1) is 13.3. The SMILES string of the molecule is CC(C)(C)NCCC=Cc1ccc(Cl)cc1. The van der Waals surface area contributed by atoms with Gasteiger partial charge in [-0.3, -0.25) is 0 Å². The summed E-state index contributed by atoms with van der Waals surface area (Å²) in [6.07, 6.45) is 5.35. The van der Waals surface area contributed by atoms with Crippen LogP contribution in [0.1, 0.15) is 32.8 Å². The average Bonchev–Trinajstić information content (AvgIpc) is 2.19. The molecule has 0 radical (unpaired) electrons. The highest BCUT2D eigenvalue weighted by atomic mass is 35.5. The molecule has 1 aromatic rings. The molecule has 0 unspecified atom stereocenters. The van der Waals surface area contributed by atoms with E-state index in [0.717, 1.165) is 18.0 Å². The summed E-state index contributed by atoms with van der Waals surface area (Å²) in [6, 6.07) is 7.87. The van der Waals surface area contributed by atoms with E-state index in [2.05, 4.69) is 38.2 Å². The van der Waals surface area contributed by atoms with E-state index in [1.54, 1.807) is 0 Å². The van der Waals surface area contributed by atoms with Gasteiger partial charge in [0.05, 0.1) is 0 Å². The summed E-state index contributed by atoms with van der Waals surface area (Å²) in [5.74, 6) is 0. The van der Waals surface area contributed by atoms with Crippen molar-refractivity contribution in [3.63, 3.8) is 0 Å². The van der Waals surface area contributed by atoms with Gasteiger partial charge >= 0.3 is 0 Å². The van der Waals surface area contributed by atoms with E-state index >= 15 is 0 Å². The fraction of sp³-hybridized carbons (Fsp3) is 0.429. The lowest BCUT2D eigenvalue weighted by Gasteiger charge is -2.19. The summed E-state index contributed by atoms with van der Waals surface area (Å²) < 4.78 is 0. The second-order valence-electron chi connectivity index (χ2n) is 4.92. The molecule has 16 heavy (non-hydrogen) atoms. The van der Waals surface area contributed by atoms with Gasteiger partial charge in [-0.1, -0.05) is 35.9 Å². The zero-order valence-electron chi connectivity index (χ0n) is 10.3. The smallest absolute Gasteiger partial charge is 0.0406 e. The van der Waals surface area contributed by atoms with Crippen LogP contribution in [0.3, 0.4) is 0 Å². The average molecular weight is 238 g/mol. The Kier molecular flexibility index (Phi) is 5.04.